The Kier molecular flexibility index (Phi) is 8.46. The van der Waals surface area contributed by atoms with Crippen LogP contribution >= 0.6 is 23.5 Å². The number of aryl methyl sites for hydroxylation is 1. The smallest absolute Gasteiger partial charge is 0.321 e. The molecule has 0 aliphatic carbocycles. The van der Waals surface area contributed by atoms with E-state index in [0.717, 1.165) is 29.2 Å². The van der Waals surface area contributed by atoms with E-state index < -0.39 is 12.0 Å². The molecule has 0 aromatic heterocycles. The molecule has 0 saturated carbocycles. The fourth-order valence-corrected chi connectivity index (χ4v) is 5.00. The number of carbonyl (C=O) groups is 1. The standard InChI is InChI=1S/C25H28N2O2S2/c1-18-8-3-6-11-24(18)31-19(2)16-20-12-14-27(23-10-5-4-9-21(20)23)13-7-15-30-17-22(26)25(28)29/h3-6,8-12,14,16,22H,2,7,13,15,17,26H2,1H3,(H,28,29). The highest BCUT2D eigenvalue weighted by Crippen LogP contribution is 2.36. The second-order valence-electron chi connectivity index (χ2n) is 7.33. The number of fused-ring (bicyclic) bond motifs is 1. The number of rotatable bonds is 10. The Bertz CT molecular complexity index is 1000. The Hall–Kier alpha value is -2.41. The van der Waals surface area contributed by atoms with E-state index in [0.29, 0.717) is 5.75 Å². The maximum atomic E-state index is 10.8. The Morgan fingerprint density at radius 3 is 2.74 bits per heavy atom. The molecule has 1 heterocycles. The summed E-state index contributed by atoms with van der Waals surface area (Å²) in [6, 6.07) is 15.9. The SMILES string of the molecule is C=C(C=C1C=CN(CCCSCC(N)C(=O)O)c2ccccc21)Sc1ccccc1C. The molecule has 6 heteroatoms. The molecule has 1 aliphatic heterocycles. The van der Waals surface area contributed by atoms with E-state index in [-0.39, 0.29) is 0 Å². The number of hydrogen-bond acceptors (Lipinski definition) is 5. The minimum atomic E-state index is -0.943. The van der Waals surface area contributed by atoms with Gasteiger partial charge in [0, 0.05) is 39.5 Å². The molecule has 0 radical (unpaired) electrons. The van der Waals surface area contributed by atoms with Gasteiger partial charge in [-0.3, -0.25) is 4.79 Å². The number of anilines is 1. The molecule has 1 aliphatic rings. The lowest BCUT2D eigenvalue weighted by Crippen LogP contribution is -2.32. The maximum absolute atomic E-state index is 10.8. The second kappa shape index (κ2) is 11.3. The highest BCUT2D eigenvalue weighted by Gasteiger charge is 2.16. The molecule has 0 saturated heterocycles. The summed E-state index contributed by atoms with van der Waals surface area (Å²) < 4.78 is 0. The van der Waals surface area contributed by atoms with Crippen LogP contribution in [0.4, 0.5) is 5.69 Å². The van der Waals surface area contributed by atoms with Gasteiger partial charge in [-0.2, -0.15) is 11.8 Å². The number of hydrogen-bond donors (Lipinski definition) is 2. The lowest BCUT2D eigenvalue weighted by molar-refractivity contribution is -0.137. The van der Waals surface area contributed by atoms with Crippen molar-refractivity contribution in [3.63, 3.8) is 0 Å². The molecule has 0 amide bonds. The topological polar surface area (TPSA) is 66.6 Å². The molecule has 0 fully saturated rings. The number of para-hydroxylation sites is 1. The third-order valence-corrected chi connectivity index (χ3v) is 7.14. The van der Waals surface area contributed by atoms with Crippen LogP contribution in [0.5, 0.6) is 0 Å². The van der Waals surface area contributed by atoms with Crippen molar-refractivity contribution in [2.75, 3.05) is 23.0 Å². The van der Waals surface area contributed by atoms with Crippen LogP contribution < -0.4 is 10.6 Å². The van der Waals surface area contributed by atoms with E-state index in [2.05, 4.69) is 79.2 Å². The van der Waals surface area contributed by atoms with Crippen LogP contribution in [-0.2, 0) is 4.79 Å². The zero-order chi connectivity index (χ0) is 22.2. The van der Waals surface area contributed by atoms with Crippen LogP contribution in [0.1, 0.15) is 17.5 Å². The normalized spacial score (nSPS) is 15.0. The van der Waals surface area contributed by atoms with Crippen LogP contribution in [0.3, 0.4) is 0 Å². The summed E-state index contributed by atoms with van der Waals surface area (Å²) >= 11 is 3.28. The average molecular weight is 453 g/mol. The number of allylic oxidation sites excluding steroid dienone is 3. The van der Waals surface area contributed by atoms with Gasteiger partial charge in [-0.1, -0.05) is 54.7 Å². The summed E-state index contributed by atoms with van der Waals surface area (Å²) in [5.41, 5.74) is 10.3. The molecule has 3 rings (SSSR count). The first-order valence-corrected chi connectivity index (χ1v) is 12.2. The highest BCUT2D eigenvalue weighted by atomic mass is 32.2. The van der Waals surface area contributed by atoms with Crippen molar-refractivity contribution in [2.45, 2.75) is 24.3 Å². The molecule has 31 heavy (non-hydrogen) atoms. The largest absolute Gasteiger partial charge is 0.480 e. The fourth-order valence-electron chi connectivity index (χ4n) is 3.26. The van der Waals surface area contributed by atoms with Crippen molar-refractivity contribution >= 4 is 40.8 Å². The van der Waals surface area contributed by atoms with Gasteiger partial charge in [0.05, 0.1) is 0 Å². The van der Waals surface area contributed by atoms with Crippen LogP contribution in [-0.4, -0.2) is 35.2 Å². The Morgan fingerprint density at radius 2 is 1.97 bits per heavy atom. The van der Waals surface area contributed by atoms with Crippen molar-refractivity contribution in [1.82, 2.24) is 0 Å². The maximum Gasteiger partial charge on any atom is 0.321 e. The highest BCUT2D eigenvalue weighted by molar-refractivity contribution is 8.03. The Balaban J connectivity index is 1.63. The van der Waals surface area contributed by atoms with Gasteiger partial charge in [-0.15, -0.1) is 0 Å². The number of thioether (sulfide) groups is 2. The molecule has 162 valence electrons. The number of nitrogens with zero attached hydrogens (tertiary/aromatic N) is 1. The van der Waals surface area contributed by atoms with Crippen molar-refractivity contribution in [3.8, 4) is 0 Å². The first-order chi connectivity index (χ1) is 15.0. The number of aliphatic carboxylic acids is 1. The molecular formula is C25H28N2O2S2. The molecule has 2 aromatic carbocycles. The van der Waals surface area contributed by atoms with Crippen LogP contribution in [0, 0.1) is 6.92 Å². The van der Waals surface area contributed by atoms with Gasteiger partial charge in [0.2, 0.25) is 0 Å². The average Bonchev–Trinajstić information content (AvgIpc) is 2.76. The lowest BCUT2D eigenvalue weighted by Gasteiger charge is -2.28. The van der Waals surface area contributed by atoms with Gasteiger partial charge < -0.3 is 15.7 Å². The van der Waals surface area contributed by atoms with Crippen LogP contribution in [0.2, 0.25) is 0 Å². The van der Waals surface area contributed by atoms with Gasteiger partial charge in [0.1, 0.15) is 6.04 Å². The van der Waals surface area contributed by atoms with Crippen molar-refractivity contribution < 1.29 is 9.90 Å². The molecule has 1 atom stereocenters. The molecule has 0 bridgehead atoms. The van der Waals surface area contributed by atoms with Gasteiger partial charge in [0.15, 0.2) is 0 Å². The number of nitrogens with two attached hydrogens (primary N) is 1. The quantitative estimate of drug-likeness (QED) is 0.364. The number of benzene rings is 2. The Labute approximate surface area is 192 Å². The van der Waals surface area contributed by atoms with Gasteiger partial charge in [-0.25, -0.2) is 0 Å². The lowest BCUT2D eigenvalue weighted by atomic mass is 9.99. The van der Waals surface area contributed by atoms with Gasteiger partial charge in [0.25, 0.3) is 0 Å². The molecule has 4 nitrogen and oxygen atoms in total. The predicted octanol–water partition coefficient (Wildman–Crippen LogP) is 5.55. The fraction of sp³-hybridized carbons (Fsp3) is 0.240. The first-order valence-electron chi connectivity index (χ1n) is 10.2. The van der Waals surface area contributed by atoms with E-state index in [1.807, 2.05) is 6.07 Å². The monoisotopic (exact) mass is 452 g/mol. The van der Waals surface area contributed by atoms with E-state index >= 15 is 0 Å². The van der Waals surface area contributed by atoms with E-state index in [9.17, 15) is 4.79 Å². The van der Waals surface area contributed by atoms with E-state index in [1.165, 1.54) is 21.7 Å². The summed E-state index contributed by atoms with van der Waals surface area (Å²) in [4.78, 5) is 15.3. The summed E-state index contributed by atoms with van der Waals surface area (Å²) in [7, 11) is 0. The number of carboxylic acid groups (broad SMARTS) is 1. The van der Waals surface area contributed by atoms with E-state index in [1.54, 1.807) is 23.5 Å². The zero-order valence-electron chi connectivity index (χ0n) is 17.7. The summed E-state index contributed by atoms with van der Waals surface area (Å²) in [6.07, 6.45) is 7.35. The summed E-state index contributed by atoms with van der Waals surface area (Å²) in [5, 5.41) is 8.87. The van der Waals surface area contributed by atoms with Gasteiger partial charge in [-0.05, 0) is 54.5 Å². The third-order valence-electron chi connectivity index (χ3n) is 4.91. The summed E-state index contributed by atoms with van der Waals surface area (Å²) in [6.45, 7) is 7.24. The molecule has 1 unspecified atom stereocenters. The molecular weight excluding hydrogens is 424 g/mol. The third kappa shape index (κ3) is 6.53. The molecule has 0 spiro atoms. The van der Waals surface area contributed by atoms with Crippen molar-refractivity contribution in [2.24, 2.45) is 5.73 Å². The second-order valence-corrected chi connectivity index (χ2v) is 9.65. The summed E-state index contributed by atoms with van der Waals surface area (Å²) in [5.74, 6) is 0.372. The first kappa shape index (κ1) is 23.3. The van der Waals surface area contributed by atoms with Crippen molar-refractivity contribution in [1.29, 1.82) is 0 Å². The number of carboxylic acids is 1. The van der Waals surface area contributed by atoms with Crippen molar-refractivity contribution in [3.05, 3.63) is 89.5 Å². The minimum absolute atomic E-state index is 0.440. The predicted molar refractivity (Wildman–Crippen MR) is 135 cm³/mol. The minimum Gasteiger partial charge on any atom is -0.480 e. The molecule has 3 N–H and O–H groups in total. The van der Waals surface area contributed by atoms with Crippen LogP contribution in [0.25, 0.3) is 5.57 Å². The Morgan fingerprint density at radius 1 is 1.23 bits per heavy atom. The van der Waals surface area contributed by atoms with Crippen LogP contribution in [0.15, 0.2) is 83.3 Å². The van der Waals surface area contributed by atoms with Gasteiger partial charge >= 0.3 is 5.97 Å². The van der Waals surface area contributed by atoms with E-state index in [4.69, 9.17) is 10.8 Å². The molecule has 2 aromatic rings. The zero-order valence-corrected chi connectivity index (χ0v) is 19.3.